The van der Waals surface area contributed by atoms with E-state index in [2.05, 4.69) is 19.1 Å². The first-order chi connectivity index (χ1) is 13.5. The fourth-order valence-electron chi connectivity index (χ4n) is 4.59. The van der Waals surface area contributed by atoms with E-state index < -0.39 is 12.6 Å². The molecular formula is C25H39F3. The smallest absolute Gasteiger partial charge is 0.171 e. The maximum Gasteiger partial charge on any atom is 0.389 e. The van der Waals surface area contributed by atoms with Crippen molar-refractivity contribution in [2.24, 2.45) is 5.92 Å². The molecule has 0 amide bonds. The first-order valence-corrected chi connectivity index (χ1v) is 11.6. The number of unbranched alkanes of at least 4 members (excludes halogenated alkanes) is 7. The van der Waals surface area contributed by atoms with Crippen molar-refractivity contribution >= 4 is 0 Å². The van der Waals surface area contributed by atoms with Gasteiger partial charge >= 0.3 is 6.18 Å². The van der Waals surface area contributed by atoms with Crippen LogP contribution in [0.4, 0.5) is 13.2 Å². The van der Waals surface area contributed by atoms with Gasteiger partial charge in [0.1, 0.15) is 0 Å². The molecule has 0 spiro atoms. The topological polar surface area (TPSA) is 0 Å². The number of hydrogen-bond acceptors (Lipinski definition) is 0. The average Bonchev–Trinajstić information content (AvgIpc) is 2.69. The van der Waals surface area contributed by atoms with Gasteiger partial charge in [-0.15, -0.1) is 0 Å². The van der Waals surface area contributed by atoms with Crippen molar-refractivity contribution in [1.82, 2.24) is 0 Å². The molecule has 0 aromatic heterocycles. The van der Waals surface area contributed by atoms with Gasteiger partial charge in [-0.3, -0.25) is 0 Å². The molecule has 1 saturated carbocycles. The third-order valence-corrected chi connectivity index (χ3v) is 6.46. The van der Waals surface area contributed by atoms with Crippen molar-refractivity contribution in [3.8, 4) is 0 Å². The molecular weight excluding hydrogens is 357 g/mol. The highest BCUT2D eigenvalue weighted by Crippen LogP contribution is 2.38. The van der Waals surface area contributed by atoms with Gasteiger partial charge in [0, 0.05) is 6.42 Å². The van der Waals surface area contributed by atoms with Gasteiger partial charge in [0.15, 0.2) is 0 Å². The van der Waals surface area contributed by atoms with E-state index in [0.29, 0.717) is 5.92 Å². The van der Waals surface area contributed by atoms with Crippen molar-refractivity contribution in [1.29, 1.82) is 0 Å². The van der Waals surface area contributed by atoms with Crippen molar-refractivity contribution in [2.75, 3.05) is 0 Å². The Bertz CT molecular complexity index is 510. The predicted octanol–water partition coefficient (Wildman–Crippen LogP) is 8.99. The van der Waals surface area contributed by atoms with Gasteiger partial charge in [-0.25, -0.2) is 0 Å². The SMILES string of the molecule is CCCCCCCCCCC1CCC(c2ccc(CCC(F)(F)F)cc2)CC1. The largest absolute Gasteiger partial charge is 0.389 e. The van der Waals surface area contributed by atoms with Gasteiger partial charge in [0.25, 0.3) is 0 Å². The molecule has 0 N–H and O–H groups in total. The van der Waals surface area contributed by atoms with Crippen LogP contribution in [0, 0.1) is 5.92 Å². The van der Waals surface area contributed by atoms with Crippen molar-refractivity contribution in [2.45, 2.75) is 115 Å². The van der Waals surface area contributed by atoms with Crippen LogP contribution in [0.15, 0.2) is 24.3 Å². The maximum atomic E-state index is 12.3. The van der Waals surface area contributed by atoms with Gasteiger partial charge in [0.05, 0.1) is 0 Å². The summed E-state index contributed by atoms with van der Waals surface area (Å²) in [6, 6.07) is 7.92. The summed E-state index contributed by atoms with van der Waals surface area (Å²) in [5.74, 6) is 1.49. The number of aryl methyl sites for hydroxylation is 1. The summed E-state index contributed by atoms with van der Waals surface area (Å²) < 4.78 is 37.0. The molecule has 0 aliphatic heterocycles. The number of alkyl halides is 3. The second-order valence-corrected chi connectivity index (χ2v) is 8.84. The monoisotopic (exact) mass is 396 g/mol. The van der Waals surface area contributed by atoms with Gasteiger partial charge < -0.3 is 0 Å². The third kappa shape index (κ3) is 9.47. The fraction of sp³-hybridized carbons (Fsp3) is 0.760. The lowest BCUT2D eigenvalue weighted by Crippen LogP contribution is -2.13. The highest BCUT2D eigenvalue weighted by Gasteiger charge is 2.26. The zero-order chi connectivity index (χ0) is 20.2. The lowest BCUT2D eigenvalue weighted by Gasteiger charge is -2.29. The van der Waals surface area contributed by atoms with E-state index in [4.69, 9.17) is 0 Å². The van der Waals surface area contributed by atoms with Crippen LogP contribution in [0.2, 0.25) is 0 Å². The minimum atomic E-state index is -4.06. The third-order valence-electron chi connectivity index (χ3n) is 6.46. The Morgan fingerprint density at radius 2 is 1.36 bits per heavy atom. The summed E-state index contributed by atoms with van der Waals surface area (Å²) in [5, 5.41) is 0. The Balaban J connectivity index is 1.59. The lowest BCUT2D eigenvalue weighted by atomic mass is 9.77. The number of halogens is 3. The Morgan fingerprint density at radius 3 is 1.93 bits per heavy atom. The first kappa shape index (κ1) is 23.3. The number of rotatable bonds is 12. The van der Waals surface area contributed by atoms with E-state index in [-0.39, 0.29) is 6.42 Å². The van der Waals surface area contributed by atoms with E-state index in [0.717, 1.165) is 11.5 Å². The Labute approximate surface area is 170 Å². The summed E-state index contributed by atoms with van der Waals surface area (Å²) in [5.41, 5.74) is 2.12. The first-order valence-electron chi connectivity index (χ1n) is 11.6. The molecule has 1 fully saturated rings. The van der Waals surface area contributed by atoms with Crippen LogP contribution in [0.5, 0.6) is 0 Å². The molecule has 0 saturated heterocycles. The molecule has 0 atom stereocenters. The van der Waals surface area contributed by atoms with E-state index in [1.807, 2.05) is 12.1 Å². The molecule has 2 rings (SSSR count). The van der Waals surface area contributed by atoms with E-state index in [1.54, 1.807) is 0 Å². The standard InChI is InChI=1S/C25H39F3/c1-2-3-4-5-6-7-8-9-10-21-11-15-23(16-12-21)24-17-13-22(14-18-24)19-20-25(26,27)28/h13-14,17-18,21,23H,2-12,15-16,19-20H2,1H3. The minimum absolute atomic E-state index is 0.0924. The summed E-state index contributed by atoms with van der Waals surface area (Å²) in [6.07, 6.45) is 12.9. The van der Waals surface area contributed by atoms with Gasteiger partial charge in [-0.05, 0) is 55.1 Å². The fourth-order valence-corrected chi connectivity index (χ4v) is 4.59. The van der Waals surface area contributed by atoms with Crippen molar-refractivity contribution in [3.05, 3.63) is 35.4 Å². The van der Waals surface area contributed by atoms with Crippen LogP contribution in [0.1, 0.15) is 114 Å². The summed E-state index contributed by atoms with van der Waals surface area (Å²) in [6.45, 7) is 2.27. The molecule has 0 heterocycles. The normalized spacial score (nSPS) is 20.4. The van der Waals surface area contributed by atoms with Gasteiger partial charge in [-0.2, -0.15) is 13.2 Å². The van der Waals surface area contributed by atoms with Crippen molar-refractivity contribution in [3.63, 3.8) is 0 Å². The highest BCUT2D eigenvalue weighted by molar-refractivity contribution is 5.26. The molecule has 0 unspecified atom stereocenters. The molecule has 3 heteroatoms. The van der Waals surface area contributed by atoms with Crippen LogP contribution < -0.4 is 0 Å². The Kier molecular flexibility index (Phi) is 10.4. The van der Waals surface area contributed by atoms with E-state index >= 15 is 0 Å². The van der Waals surface area contributed by atoms with E-state index in [9.17, 15) is 13.2 Å². The molecule has 1 aliphatic rings. The highest BCUT2D eigenvalue weighted by atomic mass is 19.4. The zero-order valence-electron chi connectivity index (χ0n) is 17.7. The maximum absolute atomic E-state index is 12.3. The molecule has 1 aliphatic carbocycles. The van der Waals surface area contributed by atoms with Crippen LogP contribution in [-0.2, 0) is 6.42 Å². The second kappa shape index (κ2) is 12.5. The molecule has 1 aromatic carbocycles. The molecule has 1 aromatic rings. The van der Waals surface area contributed by atoms with E-state index in [1.165, 1.54) is 89.0 Å². The van der Waals surface area contributed by atoms with Crippen LogP contribution in [-0.4, -0.2) is 6.18 Å². The predicted molar refractivity (Wildman–Crippen MR) is 113 cm³/mol. The second-order valence-electron chi connectivity index (χ2n) is 8.84. The van der Waals surface area contributed by atoms with Crippen LogP contribution >= 0.6 is 0 Å². The molecule has 0 bridgehead atoms. The molecule has 28 heavy (non-hydrogen) atoms. The number of benzene rings is 1. The summed E-state index contributed by atoms with van der Waals surface area (Å²) >= 11 is 0. The minimum Gasteiger partial charge on any atom is -0.171 e. The van der Waals surface area contributed by atoms with Crippen molar-refractivity contribution < 1.29 is 13.2 Å². The lowest BCUT2D eigenvalue weighted by molar-refractivity contribution is -0.133. The zero-order valence-corrected chi connectivity index (χ0v) is 17.7. The molecule has 0 nitrogen and oxygen atoms in total. The summed E-state index contributed by atoms with van der Waals surface area (Å²) in [4.78, 5) is 0. The quantitative estimate of drug-likeness (QED) is 0.309. The van der Waals surface area contributed by atoms with Crippen LogP contribution in [0.25, 0.3) is 0 Å². The molecule has 0 radical (unpaired) electrons. The molecule has 160 valence electrons. The Morgan fingerprint density at radius 1 is 0.786 bits per heavy atom. The number of hydrogen-bond donors (Lipinski definition) is 0. The van der Waals surface area contributed by atoms with Gasteiger partial charge in [-0.1, -0.05) is 89.0 Å². The van der Waals surface area contributed by atoms with Crippen LogP contribution in [0.3, 0.4) is 0 Å². The average molecular weight is 397 g/mol. The summed E-state index contributed by atoms with van der Waals surface area (Å²) in [7, 11) is 0. The van der Waals surface area contributed by atoms with Gasteiger partial charge in [0.2, 0.25) is 0 Å². The Hall–Kier alpha value is -0.990.